The van der Waals surface area contributed by atoms with Gasteiger partial charge in [-0.2, -0.15) is 0 Å². The van der Waals surface area contributed by atoms with E-state index in [0.717, 1.165) is 35.3 Å². The highest BCUT2D eigenvalue weighted by molar-refractivity contribution is 5.98. The number of methoxy groups -OCH3 is 2. The van der Waals surface area contributed by atoms with Crippen LogP contribution in [0.2, 0.25) is 0 Å². The minimum absolute atomic E-state index is 0.0238. The molecular formula is C46H66N2O9Si. The zero-order valence-corrected chi connectivity index (χ0v) is 38.1. The zero-order chi connectivity index (χ0) is 42.1. The predicted molar refractivity (Wildman–Crippen MR) is 230 cm³/mol. The van der Waals surface area contributed by atoms with E-state index in [1.165, 1.54) is 0 Å². The van der Waals surface area contributed by atoms with Gasteiger partial charge in [0.15, 0.2) is 6.61 Å². The van der Waals surface area contributed by atoms with Gasteiger partial charge in [-0.3, -0.25) is 9.69 Å². The van der Waals surface area contributed by atoms with E-state index in [-0.39, 0.29) is 43.4 Å². The number of likely N-dealkylation sites (tertiary alicyclic amines) is 1. The maximum atomic E-state index is 13.8. The Kier molecular flexibility index (Phi) is 15.5. The Morgan fingerprint density at radius 3 is 2.12 bits per heavy atom. The molecule has 1 fully saturated rings. The summed E-state index contributed by atoms with van der Waals surface area (Å²) in [6.07, 6.45) is 1.44. The molecule has 0 saturated carbocycles. The summed E-state index contributed by atoms with van der Waals surface area (Å²) < 4.78 is 37.2. The summed E-state index contributed by atoms with van der Waals surface area (Å²) in [5.74, 6) is 0.690. The van der Waals surface area contributed by atoms with Crippen molar-refractivity contribution in [2.24, 2.45) is 17.8 Å². The van der Waals surface area contributed by atoms with Crippen LogP contribution >= 0.6 is 0 Å². The van der Waals surface area contributed by atoms with Gasteiger partial charge in [-0.15, -0.1) is 0 Å². The van der Waals surface area contributed by atoms with Crippen molar-refractivity contribution >= 4 is 28.2 Å². The predicted octanol–water partition coefficient (Wildman–Crippen LogP) is 7.06. The molecule has 12 heteroatoms. The fourth-order valence-corrected chi connectivity index (χ4v) is 11.1. The summed E-state index contributed by atoms with van der Waals surface area (Å²) in [5, 5.41) is 11.3. The first kappa shape index (κ1) is 45.1. The molecule has 0 aliphatic carbocycles. The molecule has 2 amide bonds. The molecule has 2 heterocycles. The number of nitrogens with zero attached hydrogens (tertiary/aromatic N) is 2. The number of carbonyl (C=O) groups excluding carboxylic acids is 1. The van der Waals surface area contributed by atoms with Gasteiger partial charge in [-0.1, -0.05) is 90.1 Å². The first-order valence-electron chi connectivity index (χ1n) is 20.8. The molecule has 2 aliphatic heterocycles. The number of hydrogen-bond acceptors (Lipinski definition) is 8. The summed E-state index contributed by atoms with van der Waals surface area (Å²) in [6, 6.07) is 24.6. The van der Waals surface area contributed by atoms with Gasteiger partial charge in [0.25, 0.3) is 5.91 Å². The quantitative estimate of drug-likeness (QED) is 0.0946. The van der Waals surface area contributed by atoms with Crippen molar-refractivity contribution in [3.8, 4) is 11.5 Å². The van der Waals surface area contributed by atoms with E-state index in [4.69, 9.17) is 28.1 Å². The molecule has 0 bridgehead atoms. The molecule has 0 spiro atoms. The molecule has 0 radical (unpaired) electrons. The third-order valence-corrected chi connectivity index (χ3v) is 13.1. The smallest absolute Gasteiger partial charge is 0.407 e. The highest BCUT2D eigenvalue weighted by Gasteiger charge is 2.75. The Morgan fingerprint density at radius 1 is 0.862 bits per heavy atom. The van der Waals surface area contributed by atoms with E-state index >= 15 is 0 Å². The SMILES string of the molecule is COCCCCOc1ccc([C@]2(Cc3ccccc3)[C@H](O[SiH3])CN(C(=O)O)C(C(C)C)(C(C)C)[C@@]2(OCc2ccc3c(c2)N(CCCOC)C(=O)CO3)C(C)C)cc1. The number of benzene rings is 3. The van der Waals surface area contributed by atoms with Gasteiger partial charge >= 0.3 is 6.09 Å². The molecule has 318 valence electrons. The number of amides is 2. The fourth-order valence-electron chi connectivity index (χ4n) is 10.5. The van der Waals surface area contributed by atoms with Crippen LogP contribution in [0.5, 0.6) is 11.5 Å². The average Bonchev–Trinajstić information content (AvgIpc) is 3.20. The van der Waals surface area contributed by atoms with E-state index < -0.39 is 28.8 Å². The monoisotopic (exact) mass is 818 g/mol. The largest absolute Gasteiger partial charge is 0.494 e. The maximum absolute atomic E-state index is 13.8. The van der Waals surface area contributed by atoms with Gasteiger partial charge in [-0.05, 0) is 84.4 Å². The molecular weight excluding hydrogens is 753 g/mol. The van der Waals surface area contributed by atoms with Crippen LogP contribution in [0.3, 0.4) is 0 Å². The maximum Gasteiger partial charge on any atom is 0.407 e. The van der Waals surface area contributed by atoms with Crippen LogP contribution in [0.25, 0.3) is 0 Å². The standard InChI is InChI=1S/C46H66N2O9Si/c1-32(2)45(33(3)4)46(34(5)6,56-30-36-17-22-40-39(27-36)47(23-14-25-53-8)42(49)31-55-40)44(28-35-15-10-9-11-16-35,41(57-58)29-48(45)43(50)51)37-18-20-38(21-19-37)54-26-13-12-24-52-7/h9-11,15-22,27,32-34,41H,12-14,23-26,28-31H2,1-8,58H3,(H,50,51)/t41-,44-,46-/m1/s1. The minimum Gasteiger partial charge on any atom is -0.494 e. The van der Waals surface area contributed by atoms with Gasteiger partial charge in [0, 0.05) is 34.0 Å². The number of carbonyl (C=O) groups is 2. The van der Waals surface area contributed by atoms with Crippen molar-refractivity contribution < 1.29 is 42.8 Å². The molecule has 3 atom stereocenters. The van der Waals surface area contributed by atoms with Crippen molar-refractivity contribution in [3.63, 3.8) is 0 Å². The number of hydrogen-bond donors (Lipinski definition) is 1. The molecule has 1 saturated heterocycles. The number of unbranched alkanes of at least 4 members (excludes halogenated alkanes) is 1. The fraction of sp³-hybridized carbons (Fsp3) is 0.565. The van der Waals surface area contributed by atoms with Crippen molar-refractivity contribution in [3.05, 3.63) is 89.5 Å². The van der Waals surface area contributed by atoms with E-state index in [1.807, 2.05) is 36.4 Å². The van der Waals surface area contributed by atoms with Crippen molar-refractivity contribution in [1.82, 2.24) is 4.90 Å². The lowest BCUT2D eigenvalue weighted by Crippen LogP contribution is -2.86. The third-order valence-electron chi connectivity index (χ3n) is 12.6. The first-order valence-corrected chi connectivity index (χ1v) is 21.7. The Morgan fingerprint density at radius 2 is 1.52 bits per heavy atom. The molecule has 3 aromatic carbocycles. The molecule has 2 aliphatic rings. The van der Waals surface area contributed by atoms with E-state index in [0.29, 0.717) is 61.1 Å². The van der Waals surface area contributed by atoms with Gasteiger partial charge in [0.1, 0.15) is 27.6 Å². The number of carboxylic acid groups (broad SMARTS) is 1. The van der Waals surface area contributed by atoms with Crippen LogP contribution in [0.15, 0.2) is 72.8 Å². The van der Waals surface area contributed by atoms with Crippen molar-refractivity contribution in [2.75, 3.05) is 58.6 Å². The summed E-state index contributed by atoms with van der Waals surface area (Å²) in [7, 11) is 3.73. The zero-order valence-electron chi connectivity index (χ0n) is 36.1. The molecule has 0 aromatic heterocycles. The highest BCUT2D eigenvalue weighted by Crippen LogP contribution is 2.63. The lowest BCUT2D eigenvalue weighted by molar-refractivity contribution is -0.287. The van der Waals surface area contributed by atoms with E-state index in [9.17, 15) is 14.7 Å². The molecule has 5 rings (SSSR count). The summed E-state index contributed by atoms with van der Waals surface area (Å²) >= 11 is 0. The second-order valence-electron chi connectivity index (χ2n) is 16.6. The second-order valence-corrected chi connectivity index (χ2v) is 17.1. The number of rotatable bonds is 20. The topological polar surface area (TPSA) is 116 Å². The van der Waals surface area contributed by atoms with Crippen LogP contribution < -0.4 is 14.4 Å². The lowest BCUT2D eigenvalue weighted by Gasteiger charge is -2.72. The highest BCUT2D eigenvalue weighted by atomic mass is 28.2. The van der Waals surface area contributed by atoms with Gasteiger partial charge in [-0.25, -0.2) is 4.79 Å². The normalized spacial score (nSPS) is 21.8. The van der Waals surface area contributed by atoms with Crippen LogP contribution in [0.4, 0.5) is 10.5 Å². The third kappa shape index (κ3) is 8.41. The van der Waals surface area contributed by atoms with Crippen LogP contribution in [0, 0.1) is 17.8 Å². The lowest BCUT2D eigenvalue weighted by atomic mass is 9.44. The Hall–Kier alpha value is -3.94. The van der Waals surface area contributed by atoms with E-state index in [1.54, 1.807) is 24.0 Å². The van der Waals surface area contributed by atoms with Crippen LogP contribution in [0.1, 0.15) is 77.5 Å². The van der Waals surface area contributed by atoms with Crippen molar-refractivity contribution in [2.45, 2.75) is 96.5 Å². The molecule has 3 aromatic rings. The Bertz CT molecular complexity index is 1780. The Balaban J connectivity index is 1.76. The molecule has 1 N–H and O–H groups in total. The molecule has 11 nitrogen and oxygen atoms in total. The number of piperidine rings is 1. The molecule has 0 unspecified atom stereocenters. The summed E-state index contributed by atoms with van der Waals surface area (Å²) in [6.45, 7) is 15.4. The van der Waals surface area contributed by atoms with Crippen LogP contribution in [-0.2, 0) is 41.9 Å². The number of fused-ring (bicyclic) bond motifs is 1. The molecule has 58 heavy (non-hydrogen) atoms. The van der Waals surface area contributed by atoms with Gasteiger partial charge in [0.2, 0.25) is 0 Å². The van der Waals surface area contributed by atoms with E-state index in [2.05, 4.69) is 77.9 Å². The van der Waals surface area contributed by atoms with Crippen LogP contribution in [-0.4, -0.2) is 103 Å². The summed E-state index contributed by atoms with van der Waals surface area (Å²) in [4.78, 5) is 30.4. The first-order chi connectivity index (χ1) is 27.8. The second kappa shape index (κ2) is 19.9. The Labute approximate surface area is 348 Å². The minimum atomic E-state index is -1.19. The average molecular weight is 819 g/mol. The summed E-state index contributed by atoms with van der Waals surface area (Å²) in [5.41, 5.74) is 0.497. The number of ether oxygens (including phenoxy) is 5. The van der Waals surface area contributed by atoms with Gasteiger partial charge in [0.05, 0.1) is 42.5 Å². The van der Waals surface area contributed by atoms with Gasteiger partial charge < -0.3 is 38.1 Å². The van der Waals surface area contributed by atoms with Crippen molar-refractivity contribution in [1.29, 1.82) is 0 Å². The number of anilines is 1.